The minimum Gasteiger partial charge on any atom is -0.376 e. The molecule has 1 saturated carbocycles. The van der Waals surface area contributed by atoms with Crippen LogP contribution in [0.4, 0.5) is 10.5 Å². The second kappa shape index (κ2) is 6.78. The van der Waals surface area contributed by atoms with Gasteiger partial charge in [-0.05, 0) is 25.0 Å². The van der Waals surface area contributed by atoms with Crippen LogP contribution in [0.3, 0.4) is 0 Å². The molecule has 1 aliphatic carbocycles. The van der Waals surface area contributed by atoms with E-state index in [0.717, 1.165) is 31.4 Å². The lowest BCUT2D eigenvalue weighted by Gasteiger charge is -2.12. The molecule has 0 aliphatic heterocycles. The van der Waals surface area contributed by atoms with Gasteiger partial charge in [-0.3, -0.25) is 10.1 Å². The molecule has 3 N–H and O–H groups in total. The Hall–Kier alpha value is -2.04. The van der Waals surface area contributed by atoms with Crippen molar-refractivity contribution >= 4 is 17.6 Å². The Morgan fingerprint density at radius 2 is 1.79 bits per heavy atom. The second-order valence-electron chi connectivity index (χ2n) is 4.72. The summed E-state index contributed by atoms with van der Waals surface area (Å²) >= 11 is 0. The van der Waals surface area contributed by atoms with Crippen LogP contribution in [0.2, 0.25) is 0 Å². The summed E-state index contributed by atoms with van der Waals surface area (Å²) in [5.74, 6) is -0.334. The third-order valence-electron chi connectivity index (χ3n) is 3.17. The average molecular weight is 261 g/mol. The number of amides is 3. The molecule has 0 aromatic heterocycles. The minimum absolute atomic E-state index is 0.0854. The fraction of sp³-hybridized carbons (Fsp3) is 0.429. The van der Waals surface area contributed by atoms with Gasteiger partial charge in [0.15, 0.2) is 0 Å². The molecule has 2 rings (SSSR count). The first-order chi connectivity index (χ1) is 9.24. The van der Waals surface area contributed by atoms with Crippen LogP contribution in [0.15, 0.2) is 30.3 Å². The molecule has 0 atom stereocenters. The Bertz CT molecular complexity index is 428. The predicted octanol–water partition coefficient (Wildman–Crippen LogP) is 1.87. The number of carbonyl (C=O) groups is 2. The molecule has 0 spiro atoms. The summed E-state index contributed by atoms with van der Waals surface area (Å²) in [5.41, 5.74) is 0.855. The highest BCUT2D eigenvalue weighted by atomic mass is 16.2. The summed E-state index contributed by atoms with van der Waals surface area (Å²) in [6.07, 6.45) is 4.30. The van der Waals surface area contributed by atoms with E-state index in [1.165, 1.54) is 0 Å². The molecular weight excluding hydrogens is 242 g/mol. The van der Waals surface area contributed by atoms with E-state index in [4.69, 9.17) is 0 Å². The van der Waals surface area contributed by atoms with E-state index in [1.54, 1.807) is 0 Å². The van der Waals surface area contributed by atoms with Crippen LogP contribution in [0, 0.1) is 0 Å². The topological polar surface area (TPSA) is 70.2 Å². The zero-order valence-corrected chi connectivity index (χ0v) is 10.8. The predicted molar refractivity (Wildman–Crippen MR) is 73.9 cm³/mol. The SMILES string of the molecule is O=C(CNc1ccccc1)NC(=O)NC1CCCC1. The van der Waals surface area contributed by atoms with E-state index in [9.17, 15) is 9.59 Å². The summed E-state index contributed by atoms with van der Waals surface area (Å²) in [7, 11) is 0. The third-order valence-corrected chi connectivity index (χ3v) is 3.17. The molecule has 102 valence electrons. The zero-order chi connectivity index (χ0) is 13.5. The highest BCUT2D eigenvalue weighted by Gasteiger charge is 2.17. The fourth-order valence-corrected chi connectivity index (χ4v) is 2.20. The Balaban J connectivity index is 1.67. The van der Waals surface area contributed by atoms with Gasteiger partial charge in [0.2, 0.25) is 5.91 Å². The number of benzene rings is 1. The van der Waals surface area contributed by atoms with E-state index >= 15 is 0 Å². The Morgan fingerprint density at radius 3 is 2.47 bits per heavy atom. The van der Waals surface area contributed by atoms with E-state index in [2.05, 4.69) is 16.0 Å². The molecule has 19 heavy (non-hydrogen) atoms. The van der Waals surface area contributed by atoms with Gasteiger partial charge in [-0.2, -0.15) is 0 Å². The molecule has 0 unspecified atom stereocenters. The lowest BCUT2D eigenvalue weighted by molar-refractivity contribution is -0.118. The van der Waals surface area contributed by atoms with E-state index in [1.807, 2.05) is 30.3 Å². The fourth-order valence-electron chi connectivity index (χ4n) is 2.20. The monoisotopic (exact) mass is 261 g/mol. The molecule has 1 aromatic rings. The maximum absolute atomic E-state index is 11.6. The highest BCUT2D eigenvalue weighted by Crippen LogP contribution is 2.17. The molecular formula is C14H19N3O2. The molecule has 0 radical (unpaired) electrons. The van der Waals surface area contributed by atoms with Gasteiger partial charge in [0.1, 0.15) is 0 Å². The number of rotatable bonds is 4. The Morgan fingerprint density at radius 1 is 1.11 bits per heavy atom. The van der Waals surface area contributed by atoms with Crippen LogP contribution in [0.1, 0.15) is 25.7 Å². The molecule has 0 heterocycles. The van der Waals surface area contributed by atoms with Crippen LogP contribution in [-0.4, -0.2) is 24.5 Å². The van der Waals surface area contributed by atoms with Gasteiger partial charge in [-0.25, -0.2) is 4.79 Å². The number of imide groups is 1. The van der Waals surface area contributed by atoms with Crippen molar-refractivity contribution in [3.8, 4) is 0 Å². The first-order valence-corrected chi connectivity index (χ1v) is 6.63. The van der Waals surface area contributed by atoms with Crippen molar-refractivity contribution in [2.24, 2.45) is 0 Å². The van der Waals surface area contributed by atoms with Gasteiger partial charge < -0.3 is 10.6 Å². The van der Waals surface area contributed by atoms with Crippen molar-refractivity contribution in [2.45, 2.75) is 31.7 Å². The molecule has 1 fully saturated rings. The van der Waals surface area contributed by atoms with Crippen molar-refractivity contribution in [2.75, 3.05) is 11.9 Å². The highest BCUT2D eigenvalue weighted by molar-refractivity contribution is 5.96. The van der Waals surface area contributed by atoms with Crippen LogP contribution in [-0.2, 0) is 4.79 Å². The number of hydrogen-bond donors (Lipinski definition) is 3. The molecule has 0 saturated heterocycles. The summed E-state index contributed by atoms with van der Waals surface area (Å²) in [5, 5.41) is 8.09. The molecule has 0 bridgehead atoms. The molecule has 5 nitrogen and oxygen atoms in total. The quantitative estimate of drug-likeness (QED) is 0.775. The van der Waals surface area contributed by atoms with E-state index in [-0.39, 0.29) is 18.5 Å². The average Bonchev–Trinajstić information content (AvgIpc) is 2.90. The summed E-state index contributed by atoms with van der Waals surface area (Å²) in [6.45, 7) is 0.0854. The first kappa shape index (κ1) is 13.4. The maximum Gasteiger partial charge on any atom is 0.321 e. The van der Waals surface area contributed by atoms with Gasteiger partial charge in [0.05, 0.1) is 6.54 Å². The van der Waals surface area contributed by atoms with Crippen molar-refractivity contribution in [1.29, 1.82) is 0 Å². The molecule has 1 aliphatic rings. The Labute approximate surface area is 112 Å². The van der Waals surface area contributed by atoms with Crippen molar-refractivity contribution in [3.05, 3.63) is 30.3 Å². The van der Waals surface area contributed by atoms with Crippen molar-refractivity contribution in [3.63, 3.8) is 0 Å². The number of urea groups is 1. The van der Waals surface area contributed by atoms with Gasteiger partial charge in [-0.1, -0.05) is 31.0 Å². The lowest BCUT2D eigenvalue weighted by Crippen LogP contribution is -2.45. The van der Waals surface area contributed by atoms with Crippen LogP contribution in [0.5, 0.6) is 0 Å². The standard InChI is InChI=1S/C14H19N3O2/c18-13(10-15-11-6-2-1-3-7-11)17-14(19)16-12-8-4-5-9-12/h1-3,6-7,12,15H,4-5,8-10H2,(H2,16,17,18,19). The number of hydrogen-bond acceptors (Lipinski definition) is 3. The van der Waals surface area contributed by atoms with Gasteiger partial charge >= 0.3 is 6.03 Å². The molecule has 1 aromatic carbocycles. The smallest absolute Gasteiger partial charge is 0.321 e. The first-order valence-electron chi connectivity index (χ1n) is 6.63. The number of nitrogens with one attached hydrogen (secondary N) is 3. The van der Waals surface area contributed by atoms with Gasteiger partial charge in [0, 0.05) is 11.7 Å². The number of carbonyl (C=O) groups excluding carboxylic acids is 2. The van der Waals surface area contributed by atoms with E-state index in [0.29, 0.717) is 0 Å². The lowest BCUT2D eigenvalue weighted by atomic mass is 10.2. The third kappa shape index (κ3) is 4.62. The summed E-state index contributed by atoms with van der Waals surface area (Å²) < 4.78 is 0. The minimum atomic E-state index is -0.397. The summed E-state index contributed by atoms with van der Waals surface area (Å²) in [4.78, 5) is 23.1. The number of para-hydroxylation sites is 1. The van der Waals surface area contributed by atoms with Gasteiger partial charge in [-0.15, -0.1) is 0 Å². The zero-order valence-electron chi connectivity index (χ0n) is 10.8. The Kier molecular flexibility index (Phi) is 4.78. The van der Waals surface area contributed by atoms with Crippen molar-refractivity contribution < 1.29 is 9.59 Å². The molecule has 3 amide bonds. The number of anilines is 1. The summed E-state index contributed by atoms with van der Waals surface area (Å²) in [6, 6.07) is 9.22. The molecule has 5 heteroatoms. The van der Waals surface area contributed by atoms with Crippen LogP contribution >= 0.6 is 0 Å². The van der Waals surface area contributed by atoms with Crippen molar-refractivity contribution in [1.82, 2.24) is 10.6 Å². The maximum atomic E-state index is 11.6. The van der Waals surface area contributed by atoms with Crippen LogP contribution in [0.25, 0.3) is 0 Å². The van der Waals surface area contributed by atoms with E-state index < -0.39 is 6.03 Å². The normalized spacial score (nSPS) is 14.9. The second-order valence-corrected chi connectivity index (χ2v) is 4.72. The van der Waals surface area contributed by atoms with Crippen LogP contribution < -0.4 is 16.0 Å². The largest absolute Gasteiger partial charge is 0.376 e. The van der Waals surface area contributed by atoms with Gasteiger partial charge in [0.25, 0.3) is 0 Å².